The number of esters is 3. The predicted octanol–water partition coefficient (Wildman–Crippen LogP) is 20.3. The summed E-state index contributed by atoms with van der Waals surface area (Å²) < 4.78 is 16.8. The Labute approximate surface area is 439 Å². The topological polar surface area (TPSA) is 78.9 Å². The molecule has 0 aromatic carbocycles. The van der Waals surface area contributed by atoms with E-state index in [0.717, 1.165) is 89.9 Å². The summed E-state index contributed by atoms with van der Waals surface area (Å²) in [4.78, 5) is 38.1. The van der Waals surface area contributed by atoms with Crippen molar-refractivity contribution in [3.05, 3.63) is 85.1 Å². The Morgan fingerprint density at radius 2 is 0.549 bits per heavy atom. The first-order valence-corrected chi connectivity index (χ1v) is 30.1. The van der Waals surface area contributed by atoms with Gasteiger partial charge in [-0.25, -0.2) is 0 Å². The second-order valence-electron chi connectivity index (χ2n) is 19.9. The molecular weight excluding hydrogens is 877 g/mol. The molecule has 0 fully saturated rings. The van der Waals surface area contributed by atoms with Crippen LogP contribution in [0.5, 0.6) is 0 Å². The van der Waals surface area contributed by atoms with E-state index >= 15 is 0 Å². The van der Waals surface area contributed by atoms with E-state index in [0.29, 0.717) is 19.3 Å². The van der Waals surface area contributed by atoms with Crippen molar-refractivity contribution in [2.75, 3.05) is 13.2 Å². The first kappa shape index (κ1) is 67.6. The second-order valence-corrected chi connectivity index (χ2v) is 19.9. The third-order valence-electron chi connectivity index (χ3n) is 12.9. The molecule has 0 saturated carbocycles. The number of carbonyl (C=O) groups excluding carboxylic acids is 3. The summed E-state index contributed by atoms with van der Waals surface area (Å²) in [5, 5.41) is 0. The van der Waals surface area contributed by atoms with Crippen LogP contribution in [0.15, 0.2) is 85.1 Å². The fourth-order valence-corrected chi connectivity index (χ4v) is 8.43. The lowest BCUT2D eigenvalue weighted by molar-refractivity contribution is -0.167. The molecule has 6 heteroatoms. The third-order valence-corrected chi connectivity index (χ3v) is 12.9. The van der Waals surface area contributed by atoms with Crippen molar-refractivity contribution in [1.82, 2.24) is 0 Å². The SMILES string of the molecule is CC/C=C\C/C=C\C/C=C\C/C=C\C/C=C\C/C=C\C/C=C\CCCC(=O)OCC(COC(=O)CCCCCCCCCCC)OC(=O)CCCCCCCCCCCCCCCCCCCCCCC. The van der Waals surface area contributed by atoms with E-state index in [9.17, 15) is 14.4 Å². The summed E-state index contributed by atoms with van der Waals surface area (Å²) in [7, 11) is 0. The Kier molecular flexibility index (Phi) is 56.3. The molecule has 1 atom stereocenters. The molecule has 6 nitrogen and oxygen atoms in total. The van der Waals surface area contributed by atoms with Gasteiger partial charge in [-0.3, -0.25) is 14.4 Å². The summed E-state index contributed by atoms with van der Waals surface area (Å²) in [5.41, 5.74) is 0. The van der Waals surface area contributed by atoms with Crippen LogP contribution in [-0.4, -0.2) is 37.2 Å². The normalized spacial score (nSPS) is 12.7. The molecule has 0 aromatic rings. The van der Waals surface area contributed by atoms with Gasteiger partial charge in [-0.2, -0.15) is 0 Å². The van der Waals surface area contributed by atoms with E-state index in [1.807, 2.05) is 0 Å². The average Bonchev–Trinajstić information content (AvgIpc) is 3.37. The molecule has 0 aliphatic rings. The van der Waals surface area contributed by atoms with Crippen LogP contribution in [0, 0.1) is 0 Å². The molecule has 0 saturated heterocycles. The molecule has 71 heavy (non-hydrogen) atoms. The van der Waals surface area contributed by atoms with E-state index in [2.05, 4.69) is 106 Å². The predicted molar refractivity (Wildman–Crippen MR) is 307 cm³/mol. The van der Waals surface area contributed by atoms with Crippen LogP contribution in [0.1, 0.15) is 290 Å². The molecule has 0 aromatic heterocycles. The smallest absolute Gasteiger partial charge is 0.306 e. The van der Waals surface area contributed by atoms with Crippen molar-refractivity contribution >= 4 is 17.9 Å². The highest BCUT2D eigenvalue weighted by molar-refractivity contribution is 5.71. The molecular formula is C65H112O6. The van der Waals surface area contributed by atoms with Gasteiger partial charge in [-0.1, -0.05) is 286 Å². The van der Waals surface area contributed by atoms with Crippen LogP contribution in [0.25, 0.3) is 0 Å². The standard InChI is InChI=1S/C65H112O6/c1-4-7-10-13-16-19-21-23-25-27-29-31-32-34-35-37-39-41-43-46-49-52-55-58-64(67)70-61-62(60-69-63(66)57-54-51-48-45-18-15-12-9-6-3)71-65(68)59-56-53-50-47-44-42-40-38-36-33-30-28-26-24-22-20-17-14-11-8-5-2/h7,10,16,19,23,25,29,31,34-35,39,41,46,49,62H,4-6,8-9,11-15,17-18,20-22,24,26-28,30,32-33,36-38,40,42-45,47-48,50-61H2,1-3H3/b10-7-,19-16-,25-23-,31-29-,35-34-,41-39-,49-46-. The molecule has 1 unspecified atom stereocenters. The van der Waals surface area contributed by atoms with Gasteiger partial charge in [0, 0.05) is 19.3 Å². The fourth-order valence-electron chi connectivity index (χ4n) is 8.43. The van der Waals surface area contributed by atoms with Gasteiger partial charge in [0.2, 0.25) is 0 Å². The Hall–Kier alpha value is -3.41. The van der Waals surface area contributed by atoms with Crippen LogP contribution < -0.4 is 0 Å². The number of ether oxygens (including phenoxy) is 3. The summed E-state index contributed by atoms with van der Waals surface area (Å²) in [6.07, 6.45) is 77.4. The zero-order chi connectivity index (χ0) is 51.4. The van der Waals surface area contributed by atoms with E-state index < -0.39 is 6.10 Å². The Morgan fingerprint density at radius 3 is 0.859 bits per heavy atom. The monoisotopic (exact) mass is 989 g/mol. The lowest BCUT2D eigenvalue weighted by Gasteiger charge is -2.18. The number of unbranched alkanes of at least 4 members (excludes halogenated alkanes) is 29. The van der Waals surface area contributed by atoms with Gasteiger partial charge in [0.15, 0.2) is 6.10 Å². The van der Waals surface area contributed by atoms with Crippen LogP contribution in [0.4, 0.5) is 0 Å². The maximum Gasteiger partial charge on any atom is 0.306 e. The highest BCUT2D eigenvalue weighted by Gasteiger charge is 2.19. The number of hydrogen-bond donors (Lipinski definition) is 0. The maximum atomic E-state index is 12.9. The lowest BCUT2D eigenvalue weighted by Crippen LogP contribution is -2.30. The van der Waals surface area contributed by atoms with Crippen molar-refractivity contribution in [3.63, 3.8) is 0 Å². The van der Waals surface area contributed by atoms with Crippen molar-refractivity contribution in [3.8, 4) is 0 Å². The second kappa shape index (κ2) is 59.2. The fraction of sp³-hybridized carbons (Fsp3) is 0.738. The van der Waals surface area contributed by atoms with Gasteiger partial charge in [0.25, 0.3) is 0 Å². The molecule has 0 spiro atoms. The molecule has 0 aliphatic carbocycles. The first-order valence-electron chi connectivity index (χ1n) is 30.1. The molecule has 0 rings (SSSR count). The van der Waals surface area contributed by atoms with Gasteiger partial charge in [0.05, 0.1) is 0 Å². The van der Waals surface area contributed by atoms with E-state index in [-0.39, 0.29) is 37.5 Å². The number of allylic oxidation sites excluding steroid dienone is 14. The van der Waals surface area contributed by atoms with Crippen molar-refractivity contribution < 1.29 is 28.6 Å². The van der Waals surface area contributed by atoms with Gasteiger partial charge in [0.1, 0.15) is 13.2 Å². The molecule has 0 bridgehead atoms. The summed E-state index contributed by atoms with van der Waals surface area (Å²) in [5.74, 6) is -0.946. The van der Waals surface area contributed by atoms with Crippen molar-refractivity contribution in [1.29, 1.82) is 0 Å². The summed E-state index contributed by atoms with van der Waals surface area (Å²) >= 11 is 0. The quantitative estimate of drug-likeness (QED) is 0.0261. The van der Waals surface area contributed by atoms with Crippen molar-refractivity contribution in [2.24, 2.45) is 0 Å². The minimum absolute atomic E-state index is 0.0913. The van der Waals surface area contributed by atoms with E-state index in [1.165, 1.54) is 154 Å². The maximum absolute atomic E-state index is 12.9. The summed E-state index contributed by atoms with van der Waals surface area (Å²) in [6.45, 7) is 6.48. The van der Waals surface area contributed by atoms with Crippen LogP contribution in [-0.2, 0) is 28.6 Å². The van der Waals surface area contributed by atoms with Crippen LogP contribution >= 0.6 is 0 Å². The molecule has 0 N–H and O–H groups in total. The zero-order valence-corrected chi connectivity index (χ0v) is 46.7. The van der Waals surface area contributed by atoms with Crippen LogP contribution in [0.3, 0.4) is 0 Å². The van der Waals surface area contributed by atoms with E-state index in [4.69, 9.17) is 14.2 Å². The Balaban J connectivity index is 4.34. The largest absolute Gasteiger partial charge is 0.462 e. The van der Waals surface area contributed by atoms with Gasteiger partial charge in [-0.05, 0) is 70.6 Å². The molecule has 0 radical (unpaired) electrons. The minimum atomic E-state index is -0.797. The van der Waals surface area contributed by atoms with Gasteiger partial charge < -0.3 is 14.2 Å². The van der Waals surface area contributed by atoms with E-state index in [1.54, 1.807) is 0 Å². The highest BCUT2D eigenvalue weighted by Crippen LogP contribution is 2.17. The van der Waals surface area contributed by atoms with Gasteiger partial charge >= 0.3 is 17.9 Å². The Morgan fingerprint density at radius 1 is 0.296 bits per heavy atom. The third kappa shape index (κ3) is 57.4. The van der Waals surface area contributed by atoms with Crippen LogP contribution in [0.2, 0.25) is 0 Å². The zero-order valence-electron chi connectivity index (χ0n) is 46.7. The lowest BCUT2D eigenvalue weighted by atomic mass is 10.0. The number of rotatable bonds is 54. The molecule has 408 valence electrons. The summed E-state index contributed by atoms with van der Waals surface area (Å²) in [6, 6.07) is 0. The minimum Gasteiger partial charge on any atom is -0.462 e. The Bertz CT molecular complexity index is 1370. The molecule has 0 aliphatic heterocycles. The highest BCUT2D eigenvalue weighted by atomic mass is 16.6. The first-order chi connectivity index (χ1) is 35.0. The number of carbonyl (C=O) groups is 3. The number of hydrogen-bond acceptors (Lipinski definition) is 6. The molecule has 0 heterocycles. The van der Waals surface area contributed by atoms with Gasteiger partial charge in [-0.15, -0.1) is 0 Å². The molecule has 0 amide bonds. The average molecular weight is 990 g/mol. The van der Waals surface area contributed by atoms with Crippen molar-refractivity contribution in [2.45, 2.75) is 297 Å².